The fraction of sp³-hybridized carbons (Fsp3) is 0.526. The van der Waals surface area contributed by atoms with Crippen molar-refractivity contribution in [3.8, 4) is 0 Å². The van der Waals surface area contributed by atoms with Crippen LogP contribution in [0.25, 0.3) is 0 Å². The maximum absolute atomic E-state index is 12.8. The highest BCUT2D eigenvalue weighted by molar-refractivity contribution is 5.96. The van der Waals surface area contributed by atoms with Crippen molar-refractivity contribution in [1.29, 1.82) is 0 Å². The van der Waals surface area contributed by atoms with Gasteiger partial charge in [-0.1, -0.05) is 5.16 Å². The average molecular weight is 369 g/mol. The van der Waals surface area contributed by atoms with Crippen LogP contribution in [-0.4, -0.2) is 50.5 Å². The van der Waals surface area contributed by atoms with Crippen molar-refractivity contribution in [2.75, 3.05) is 6.54 Å². The number of aryl methyl sites for hydroxylation is 1. The molecular weight excluding hydrogens is 346 g/mol. The molecule has 2 aromatic heterocycles. The lowest BCUT2D eigenvalue weighted by Gasteiger charge is -2.39. The zero-order chi connectivity index (χ0) is 19.0. The Balaban J connectivity index is 1.47. The minimum Gasteiger partial charge on any atom is -0.361 e. The number of nitrogens with one attached hydrogen (secondary N) is 1. The number of carbonyl (C=O) groups excluding carboxylic acids is 2. The summed E-state index contributed by atoms with van der Waals surface area (Å²) in [6.45, 7) is 4.35. The predicted molar refractivity (Wildman–Crippen MR) is 96.2 cm³/mol. The van der Waals surface area contributed by atoms with Crippen molar-refractivity contribution in [2.24, 2.45) is 0 Å². The lowest BCUT2D eigenvalue weighted by Crippen LogP contribution is -2.55. The molecule has 3 heterocycles. The molecule has 2 atom stereocenters. The third-order valence-electron chi connectivity index (χ3n) is 5.36. The molecule has 2 aromatic rings. The Morgan fingerprint density at radius 3 is 2.81 bits per heavy atom. The van der Waals surface area contributed by atoms with Gasteiger partial charge in [0, 0.05) is 36.8 Å². The van der Waals surface area contributed by atoms with Crippen molar-refractivity contribution in [1.82, 2.24) is 25.3 Å². The topological polar surface area (TPSA) is 101 Å². The van der Waals surface area contributed by atoms with E-state index in [2.05, 4.69) is 20.4 Å². The highest BCUT2D eigenvalue weighted by atomic mass is 16.5. The van der Waals surface area contributed by atoms with Crippen LogP contribution in [0.3, 0.4) is 0 Å². The molecule has 1 saturated carbocycles. The van der Waals surface area contributed by atoms with E-state index >= 15 is 0 Å². The van der Waals surface area contributed by atoms with Crippen LogP contribution in [0.2, 0.25) is 0 Å². The Bertz CT molecular complexity index is 861. The lowest BCUT2D eigenvalue weighted by atomic mass is 9.96. The summed E-state index contributed by atoms with van der Waals surface area (Å²) in [5.74, 6) is 0.636. The SMILES string of the molecule is Cc1cc(C(=O)N2CCCC(NC(=O)c3cncnc3C3CC3)C2C)no1. The molecule has 1 N–H and O–H groups in total. The Kier molecular flexibility index (Phi) is 4.63. The van der Waals surface area contributed by atoms with E-state index in [1.165, 1.54) is 6.33 Å². The molecule has 8 heteroatoms. The second-order valence-electron chi connectivity index (χ2n) is 7.38. The molecule has 2 aliphatic rings. The van der Waals surface area contributed by atoms with Crippen LogP contribution in [-0.2, 0) is 0 Å². The van der Waals surface area contributed by atoms with Crippen LogP contribution in [0.15, 0.2) is 23.1 Å². The molecule has 1 saturated heterocycles. The van der Waals surface area contributed by atoms with Gasteiger partial charge in [0.25, 0.3) is 11.8 Å². The summed E-state index contributed by atoms with van der Waals surface area (Å²) < 4.78 is 5.02. The molecule has 0 bridgehead atoms. The van der Waals surface area contributed by atoms with E-state index in [1.807, 2.05) is 6.92 Å². The summed E-state index contributed by atoms with van der Waals surface area (Å²) in [5, 5.41) is 6.92. The lowest BCUT2D eigenvalue weighted by molar-refractivity contribution is 0.0547. The molecule has 142 valence electrons. The molecular formula is C19H23N5O3. The van der Waals surface area contributed by atoms with Crippen LogP contribution in [0.5, 0.6) is 0 Å². The molecule has 1 aliphatic heterocycles. The predicted octanol–water partition coefficient (Wildman–Crippen LogP) is 2.07. The number of likely N-dealkylation sites (tertiary alicyclic amines) is 1. The molecule has 0 spiro atoms. The molecule has 2 fully saturated rings. The van der Waals surface area contributed by atoms with Gasteiger partial charge in [-0.2, -0.15) is 0 Å². The molecule has 1 aliphatic carbocycles. The monoisotopic (exact) mass is 369 g/mol. The first kappa shape index (κ1) is 17.6. The maximum atomic E-state index is 12.8. The van der Waals surface area contributed by atoms with E-state index in [9.17, 15) is 9.59 Å². The standard InChI is InChI=1S/C19H23N5O3/c1-11-8-16(23-27-11)19(26)24-7-3-4-15(12(24)2)22-18(25)14-9-20-10-21-17(14)13-5-6-13/h8-10,12-13,15H,3-7H2,1-2H3,(H,22,25). The molecule has 0 aromatic carbocycles. The zero-order valence-corrected chi connectivity index (χ0v) is 15.5. The summed E-state index contributed by atoms with van der Waals surface area (Å²) in [4.78, 5) is 35.7. The quantitative estimate of drug-likeness (QED) is 0.885. The van der Waals surface area contributed by atoms with E-state index in [0.717, 1.165) is 31.4 Å². The number of nitrogens with zero attached hydrogens (tertiary/aromatic N) is 4. The van der Waals surface area contributed by atoms with Gasteiger partial charge in [-0.15, -0.1) is 0 Å². The van der Waals surface area contributed by atoms with Crippen molar-refractivity contribution < 1.29 is 14.1 Å². The van der Waals surface area contributed by atoms with Gasteiger partial charge in [0.1, 0.15) is 12.1 Å². The highest BCUT2D eigenvalue weighted by Crippen LogP contribution is 2.40. The first-order valence-corrected chi connectivity index (χ1v) is 9.39. The van der Waals surface area contributed by atoms with Crippen LogP contribution >= 0.6 is 0 Å². The number of carbonyl (C=O) groups is 2. The van der Waals surface area contributed by atoms with Crippen LogP contribution in [0.1, 0.15) is 70.8 Å². The van der Waals surface area contributed by atoms with E-state index in [0.29, 0.717) is 29.5 Å². The number of rotatable bonds is 4. The summed E-state index contributed by atoms with van der Waals surface area (Å²) in [5.41, 5.74) is 1.68. The summed E-state index contributed by atoms with van der Waals surface area (Å²) in [6, 6.07) is 1.37. The van der Waals surface area contributed by atoms with Gasteiger partial charge in [-0.05, 0) is 39.5 Å². The van der Waals surface area contributed by atoms with Crippen LogP contribution < -0.4 is 5.32 Å². The van der Waals surface area contributed by atoms with Crippen LogP contribution in [0.4, 0.5) is 0 Å². The first-order chi connectivity index (χ1) is 13.0. The molecule has 0 radical (unpaired) electrons. The van der Waals surface area contributed by atoms with E-state index < -0.39 is 0 Å². The van der Waals surface area contributed by atoms with Crippen molar-refractivity contribution in [3.63, 3.8) is 0 Å². The largest absolute Gasteiger partial charge is 0.361 e. The average Bonchev–Trinajstić information content (AvgIpc) is 3.43. The van der Waals surface area contributed by atoms with Gasteiger partial charge in [-0.3, -0.25) is 9.59 Å². The van der Waals surface area contributed by atoms with E-state index in [4.69, 9.17) is 4.52 Å². The zero-order valence-electron chi connectivity index (χ0n) is 15.5. The Labute approximate surface area is 157 Å². The van der Waals surface area contributed by atoms with E-state index in [1.54, 1.807) is 24.1 Å². The van der Waals surface area contributed by atoms with Crippen molar-refractivity contribution in [2.45, 2.75) is 57.5 Å². The minimum atomic E-state index is -0.167. The minimum absolute atomic E-state index is 0.129. The summed E-state index contributed by atoms with van der Waals surface area (Å²) >= 11 is 0. The second kappa shape index (κ2) is 7.09. The second-order valence-corrected chi connectivity index (χ2v) is 7.38. The number of hydrogen-bond donors (Lipinski definition) is 1. The van der Waals surface area contributed by atoms with Crippen molar-refractivity contribution >= 4 is 11.8 Å². The fourth-order valence-electron chi connectivity index (χ4n) is 3.68. The molecule has 2 unspecified atom stereocenters. The van der Waals surface area contributed by atoms with Crippen molar-refractivity contribution in [3.05, 3.63) is 41.3 Å². The molecule has 27 heavy (non-hydrogen) atoms. The van der Waals surface area contributed by atoms with Gasteiger partial charge < -0.3 is 14.7 Å². The Hall–Kier alpha value is -2.77. The number of aromatic nitrogens is 3. The van der Waals surface area contributed by atoms with Gasteiger partial charge in [0.15, 0.2) is 5.69 Å². The number of amides is 2. The molecule has 4 rings (SSSR count). The number of hydrogen-bond acceptors (Lipinski definition) is 6. The van der Waals surface area contributed by atoms with Gasteiger partial charge in [-0.25, -0.2) is 9.97 Å². The molecule has 2 amide bonds. The highest BCUT2D eigenvalue weighted by Gasteiger charge is 2.35. The van der Waals surface area contributed by atoms with Gasteiger partial charge >= 0.3 is 0 Å². The summed E-state index contributed by atoms with van der Waals surface area (Å²) in [6.07, 6.45) is 6.85. The maximum Gasteiger partial charge on any atom is 0.276 e. The third kappa shape index (κ3) is 3.56. The fourth-order valence-corrected chi connectivity index (χ4v) is 3.68. The Morgan fingerprint density at radius 1 is 1.30 bits per heavy atom. The first-order valence-electron chi connectivity index (χ1n) is 9.39. The van der Waals surface area contributed by atoms with Crippen LogP contribution in [0, 0.1) is 6.92 Å². The normalized spacial score (nSPS) is 22.5. The molecule has 8 nitrogen and oxygen atoms in total. The van der Waals surface area contributed by atoms with Gasteiger partial charge in [0.05, 0.1) is 11.3 Å². The van der Waals surface area contributed by atoms with E-state index in [-0.39, 0.29) is 23.9 Å². The smallest absolute Gasteiger partial charge is 0.276 e. The number of piperidine rings is 1. The Morgan fingerprint density at radius 2 is 2.11 bits per heavy atom. The third-order valence-corrected chi connectivity index (χ3v) is 5.36. The summed E-state index contributed by atoms with van der Waals surface area (Å²) in [7, 11) is 0. The van der Waals surface area contributed by atoms with Gasteiger partial charge in [0.2, 0.25) is 0 Å².